The molecule has 0 saturated heterocycles. The number of ether oxygens (including phenoxy) is 1. The minimum absolute atomic E-state index is 0.142. The summed E-state index contributed by atoms with van der Waals surface area (Å²) in [5.41, 5.74) is 0.618. The molecule has 3 aromatic rings. The van der Waals surface area contributed by atoms with Crippen molar-refractivity contribution in [2.24, 2.45) is 5.92 Å². The second-order valence-electron chi connectivity index (χ2n) is 7.22. The van der Waals surface area contributed by atoms with Crippen LogP contribution in [-0.4, -0.2) is 11.9 Å². The first-order chi connectivity index (χ1) is 14.8. The predicted molar refractivity (Wildman–Crippen MR) is 114 cm³/mol. The SMILES string of the molecule is CC(C)C(Oc1ccc(NC(=O)NC(=O)c2c(F)cccc2F)cc1)c1ccccc1. The van der Waals surface area contributed by atoms with Crippen molar-refractivity contribution in [1.29, 1.82) is 0 Å². The molecule has 0 aromatic heterocycles. The van der Waals surface area contributed by atoms with Crippen molar-refractivity contribution in [2.75, 3.05) is 5.32 Å². The monoisotopic (exact) mass is 424 g/mol. The molecule has 0 aliphatic rings. The maximum absolute atomic E-state index is 13.7. The van der Waals surface area contributed by atoms with E-state index in [0.717, 1.165) is 23.8 Å². The summed E-state index contributed by atoms with van der Waals surface area (Å²) >= 11 is 0. The van der Waals surface area contributed by atoms with E-state index in [1.54, 1.807) is 24.3 Å². The number of hydrogen-bond acceptors (Lipinski definition) is 3. The van der Waals surface area contributed by atoms with E-state index in [9.17, 15) is 18.4 Å². The molecule has 5 nitrogen and oxygen atoms in total. The quantitative estimate of drug-likeness (QED) is 0.533. The zero-order valence-electron chi connectivity index (χ0n) is 17.1. The number of carbonyl (C=O) groups excluding carboxylic acids is 2. The van der Waals surface area contributed by atoms with Gasteiger partial charge in [0, 0.05) is 5.69 Å². The number of amides is 3. The normalized spacial score (nSPS) is 11.6. The van der Waals surface area contributed by atoms with Gasteiger partial charge in [0.25, 0.3) is 5.91 Å². The topological polar surface area (TPSA) is 67.4 Å². The molecule has 1 unspecified atom stereocenters. The van der Waals surface area contributed by atoms with Crippen LogP contribution in [0.3, 0.4) is 0 Å². The van der Waals surface area contributed by atoms with Crippen LogP contribution in [0, 0.1) is 17.6 Å². The van der Waals surface area contributed by atoms with Gasteiger partial charge in [0.1, 0.15) is 29.1 Å². The lowest BCUT2D eigenvalue weighted by atomic mass is 9.99. The number of imide groups is 1. The Kier molecular flexibility index (Phi) is 6.97. The van der Waals surface area contributed by atoms with Crippen molar-refractivity contribution in [3.05, 3.63) is 95.6 Å². The standard InChI is InChI=1S/C24H22F2N2O3/c1-15(2)22(16-7-4-3-5-8-16)31-18-13-11-17(12-14-18)27-24(30)28-23(29)21-19(25)9-6-10-20(21)26/h3-15,22H,1-2H3,(H2,27,28,29,30). The minimum atomic E-state index is -1.17. The molecule has 2 N–H and O–H groups in total. The van der Waals surface area contributed by atoms with Crippen LogP contribution in [0.25, 0.3) is 0 Å². The van der Waals surface area contributed by atoms with Crippen LogP contribution in [0.15, 0.2) is 72.8 Å². The van der Waals surface area contributed by atoms with Gasteiger partial charge in [-0.1, -0.05) is 50.2 Å². The van der Waals surface area contributed by atoms with Gasteiger partial charge in [-0.3, -0.25) is 10.1 Å². The third-order valence-electron chi connectivity index (χ3n) is 4.53. The van der Waals surface area contributed by atoms with Gasteiger partial charge in [-0.25, -0.2) is 13.6 Å². The predicted octanol–water partition coefficient (Wildman–Crippen LogP) is 5.70. The minimum Gasteiger partial charge on any atom is -0.485 e. The number of urea groups is 1. The number of nitrogens with one attached hydrogen (secondary N) is 2. The summed E-state index contributed by atoms with van der Waals surface area (Å²) in [6.07, 6.45) is -0.142. The van der Waals surface area contributed by atoms with Gasteiger partial charge in [0.05, 0.1) is 0 Å². The molecule has 31 heavy (non-hydrogen) atoms. The maximum Gasteiger partial charge on any atom is 0.326 e. The first-order valence-corrected chi connectivity index (χ1v) is 9.73. The Bertz CT molecular complexity index is 1030. The Morgan fingerprint density at radius 3 is 2.03 bits per heavy atom. The van der Waals surface area contributed by atoms with Crippen LogP contribution in [0.1, 0.15) is 35.9 Å². The molecule has 3 rings (SSSR count). The molecule has 0 saturated carbocycles. The molecule has 0 aliphatic carbocycles. The van der Waals surface area contributed by atoms with Crippen LogP contribution >= 0.6 is 0 Å². The number of carbonyl (C=O) groups is 2. The molecule has 160 valence electrons. The van der Waals surface area contributed by atoms with Crippen molar-refractivity contribution in [2.45, 2.75) is 20.0 Å². The van der Waals surface area contributed by atoms with E-state index in [4.69, 9.17) is 4.74 Å². The van der Waals surface area contributed by atoms with Gasteiger partial charge in [-0.2, -0.15) is 0 Å². The second kappa shape index (κ2) is 9.84. The van der Waals surface area contributed by atoms with Crippen LogP contribution in [-0.2, 0) is 0 Å². The fraction of sp³-hybridized carbons (Fsp3) is 0.167. The maximum atomic E-state index is 13.7. The van der Waals surface area contributed by atoms with Gasteiger partial charge in [0.2, 0.25) is 0 Å². The van der Waals surface area contributed by atoms with Gasteiger partial charge < -0.3 is 10.1 Å². The van der Waals surface area contributed by atoms with E-state index in [-0.39, 0.29) is 12.0 Å². The lowest BCUT2D eigenvalue weighted by Gasteiger charge is -2.23. The molecule has 0 spiro atoms. The second-order valence-corrected chi connectivity index (χ2v) is 7.22. The number of anilines is 1. The van der Waals surface area contributed by atoms with Crippen molar-refractivity contribution in [1.82, 2.24) is 5.32 Å². The molecule has 0 fully saturated rings. The average molecular weight is 424 g/mol. The van der Waals surface area contributed by atoms with E-state index in [1.807, 2.05) is 35.6 Å². The van der Waals surface area contributed by atoms with Gasteiger partial charge in [-0.05, 0) is 47.9 Å². The molecule has 7 heteroatoms. The van der Waals surface area contributed by atoms with E-state index < -0.39 is 29.1 Å². The molecule has 0 heterocycles. The van der Waals surface area contributed by atoms with Crippen molar-refractivity contribution < 1.29 is 23.1 Å². The Morgan fingerprint density at radius 2 is 1.45 bits per heavy atom. The fourth-order valence-electron chi connectivity index (χ4n) is 3.04. The smallest absolute Gasteiger partial charge is 0.326 e. The molecule has 1 atom stereocenters. The Balaban J connectivity index is 1.62. The average Bonchev–Trinajstić information content (AvgIpc) is 2.73. The number of hydrogen-bond donors (Lipinski definition) is 2. The highest BCUT2D eigenvalue weighted by Gasteiger charge is 2.20. The Hall–Kier alpha value is -3.74. The van der Waals surface area contributed by atoms with Gasteiger partial charge in [-0.15, -0.1) is 0 Å². The van der Waals surface area contributed by atoms with E-state index in [0.29, 0.717) is 11.4 Å². The number of benzene rings is 3. The first-order valence-electron chi connectivity index (χ1n) is 9.73. The van der Waals surface area contributed by atoms with Crippen molar-refractivity contribution in [3.8, 4) is 5.75 Å². The third kappa shape index (κ3) is 5.66. The summed E-state index contributed by atoms with van der Waals surface area (Å²) in [4.78, 5) is 24.0. The Labute approximate surface area is 179 Å². The van der Waals surface area contributed by atoms with Crippen molar-refractivity contribution in [3.63, 3.8) is 0 Å². The van der Waals surface area contributed by atoms with Crippen molar-refractivity contribution >= 4 is 17.6 Å². The lowest BCUT2D eigenvalue weighted by Crippen LogP contribution is -2.35. The highest BCUT2D eigenvalue weighted by molar-refractivity contribution is 6.08. The van der Waals surface area contributed by atoms with Crippen LogP contribution in [0.5, 0.6) is 5.75 Å². The number of rotatable bonds is 6. The Morgan fingerprint density at radius 1 is 0.839 bits per heavy atom. The summed E-state index contributed by atoms with van der Waals surface area (Å²) in [7, 11) is 0. The molecule has 0 bridgehead atoms. The third-order valence-corrected chi connectivity index (χ3v) is 4.53. The van der Waals surface area contributed by atoms with Crippen LogP contribution in [0.4, 0.5) is 19.3 Å². The largest absolute Gasteiger partial charge is 0.485 e. The summed E-state index contributed by atoms with van der Waals surface area (Å²) in [6, 6.07) is 18.5. The van der Waals surface area contributed by atoms with Gasteiger partial charge >= 0.3 is 6.03 Å². The van der Waals surface area contributed by atoms with Crippen LogP contribution < -0.4 is 15.4 Å². The lowest BCUT2D eigenvalue weighted by molar-refractivity contribution is 0.0959. The van der Waals surface area contributed by atoms with Crippen LogP contribution in [0.2, 0.25) is 0 Å². The fourth-order valence-corrected chi connectivity index (χ4v) is 3.04. The van der Waals surface area contributed by atoms with E-state index in [1.165, 1.54) is 0 Å². The summed E-state index contributed by atoms with van der Waals surface area (Å²) < 4.78 is 33.4. The highest BCUT2D eigenvalue weighted by atomic mass is 19.1. The summed E-state index contributed by atoms with van der Waals surface area (Å²) in [6.45, 7) is 4.13. The molecular weight excluding hydrogens is 402 g/mol. The summed E-state index contributed by atoms with van der Waals surface area (Å²) in [5, 5.41) is 4.35. The van der Waals surface area contributed by atoms with Gasteiger partial charge in [0.15, 0.2) is 0 Å². The first kappa shape index (κ1) is 22.0. The highest BCUT2D eigenvalue weighted by Crippen LogP contribution is 2.29. The molecule has 3 aromatic carbocycles. The van der Waals surface area contributed by atoms with E-state index >= 15 is 0 Å². The molecule has 0 radical (unpaired) electrons. The zero-order valence-corrected chi connectivity index (χ0v) is 17.1. The zero-order chi connectivity index (χ0) is 22.4. The molecular formula is C24H22F2N2O3. The van der Waals surface area contributed by atoms with E-state index in [2.05, 4.69) is 19.2 Å². The summed E-state index contributed by atoms with van der Waals surface area (Å²) in [5.74, 6) is -2.43. The molecule has 3 amide bonds. The number of halogens is 2. The molecule has 0 aliphatic heterocycles.